The lowest BCUT2D eigenvalue weighted by Gasteiger charge is -2.44. The first kappa shape index (κ1) is 26.4. The first-order valence-corrected chi connectivity index (χ1v) is 14.0. The maximum Gasteiger partial charge on any atom is 0.251 e. The van der Waals surface area contributed by atoms with Gasteiger partial charge in [-0.25, -0.2) is 4.98 Å². The lowest BCUT2D eigenvalue weighted by Crippen LogP contribution is -2.55. The number of fused-ring (bicyclic) bond motifs is 1. The van der Waals surface area contributed by atoms with Crippen molar-refractivity contribution in [2.24, 2.45) is 0 Å². The third kappa shape index (κ3) is 5.78. The van der Waals surface area contributed by atoms with Gasteiger partial charge >= 0.3 is 0 Å². The molecule has 9 nitrogen and oxygen atoms in total. The number of benzene rings is 1. The fourth-order valence-corrected chi connectivity index (χ4v) is 5.87. The number of aromatic nitrogens is 1. The number of carbonyl (C=O) groups excluding carboxylic acids is 2. The molecule has 5 rings (SSSR count). The molecular formula is C29H41N7O2. The first-order chi connectivity index (χ1) is 18.4. The Labute approximate surface area is 226 Å². The second-order valence-corrected chi connectivity index (χ2v) is 10.9. The number of hydrogen-bond donors (Lipinski definition) is 2. The quantitative estimate of drug-likeness (QED) is 0.581. The Morgan fingerprint density at radius 1 is 0.974 bits per heavy atom. The van der Waals surface area contributed by atoms with E-state index in [1.807, 2.05) is 50.4 Å². The highest BCUT2D eigenvalue weighted by molar-refractivity contribution is 6.04. The van der Waals surface area contributed by atoms with E-state index in [1.165, 1.54) is 19.3 Å². The van der Waals surface area contributed by atoms with Crippen LogP contribution in [0.5, 0.6) is 0 Å². The third-order valence-electron chi connectivity index (χ3n) is 8.26. The Morgan fingerprint density at radius 3 is 2.39 bits per heavy atom. The van der Waals surface area contributed by atoms with Gasteiger partial charge in [-0.15, -0.1) is 0 Å². The molecule has 2 aliphatic heterocycles. The molecule has 1 aromatic heterocycles. The number of piperazine rings is 1. The van der Waals surface area contributed by atoms with Crippen LogP contribution in [0.3, 0.4) is 0 Å². The molecule has 0 bridgehead atoms. The molecule has 2 fully saturated rings. The molecule has 1 aromatic carbocycles. The Morgan fingerprint density at radius 2 is 1.68 bits per heavy atom. The summed E-state index contributed by atoms with van der Waals surface area (Å²) in [5, 5.41) is 6.43. The monoisotopic (exact) mass is 519 g/mol. The molecule has 3 heterocycles. The molecule has 2 N–H and O–H groups in total. The van der Waals surface area contributed by atoms with Crippen molar-refractivity contribution in [1.82, 2.24) is 20.1 Å². The van der Waals surface area contributed by atoms with Gasteiger partial charge in [-0.05, 0) is 63.2 Å². The van der Waals surface area contributed by atoms with Crippen molar-refractivity contribution in [2.45, 2.75) is 51.1 Å². The Balaban J connectivity index is 1.23. The molecule has 1 atom stereocenters. The van der Waals surface area contributed by atoms with Crippen LogP contribution < -0.4 is 20.4 Å². The number of pyridine rings is 1. The van der Waals surface area contributed by atoms with Crippen molar-refractivity contribution in [3.05, 3.63) is 42.0 Å². The van der Waals surface area contributed by atoms with Crippen molar-refractivity contribution in [3.63, 3.8) is 0 Å². The normalized spacial score (nSPS) is 21.3. The summed E-state index contributed by atoms with van der Waals surface area (Å²) in [6.45, 7) is 7.77. The van der Waals surface area contributed by atoms with Gasteiger partial charge in [-0.3, -0.25) is 14.5 Å². The summed E-state index contributed by atoms with van der Waals surface area (Å²) in [5.41, 5.74) is 2.36. The Kier molecular flexibility index (Phi) is 8.14. The van der Waals surface area contributed by atoms with Crippen LogP contribution in [0.25, 0.3) is 0 Å². The molecule has 0 spiro atoms. The zero-order chi connectivity index (χ0) is 26.6. The second kappa shape index (κ2) is 11.7. The Hall–Kier alpha value is -3.17. The lowest BCUT2D eigenvalue weighted by molar-refractivity contribution is -0.119. The molecule has 1 aliphatic carbocycles. The van der Waals surface area contributed by atoms with Crippen LogP contribution in [-0.2, 0) is 4.79 Å². The summed E-state index contributed by atoms with van der Waals surface area (Å²) in [6, 6.07) is 11.5. The van der Waals surface area contributed by atoms with E-state index in [4.69, 9.17) is 4.98 Å². The number of hydrogen-bond acceptors (Lipinski definition) is 7. The molecule has 204 valence electrons. The topological polar surface area (TPSA) is 84.0 Å². The van der Waals surface area contributed by atoms with Crippen LogP contribution in [0.2, 0.25) is 0 Å². The second-order valence-electron chi connectivity index (χ2n) is 10.9. The van der Waals surface area contributed by atoms with E-state index in [0.717, 1.165) is 68.6 Å². The maximum atomic E-state index is 13.0. The fourth-order valence-electron chi connectivity index (χ4n) is 5.87. The van der Waals surface area contributed by atoms with Gasteiger partial charge in [-0.2, -0.15) is 0 Å². The summed E-state index contributed by atoms with van der Waals surface area (Å²) in [5.74, 6) is 1.65. The molecule has 0 unspecified atom stereocenters. The lowest BCUT2D eigenvalue weighted by atomic mass is 9.92. The van der Waals surface area contributed by atoms with Crippen LogP contribution in [0.1, 0.15) is 49.4 Å². The van der Waals surface area contributed by atoms with Crippen molar-refractivity contribution in [3.8, 4) is 0 Å². The molecule has 2 aromatic rings. The van der Waals surface area contributed by atoms with Gasteiger partial charge in [0.15, 0.2) is 5.82 Å². The van der Waals surface area contributed by atoms with Gasteiger partial charge in [0.2, 0.25) is 5.91 Å². The SMILES string of the molecule is C[C@@H]1C(=O)N(C)c2ccc(Nc3ccc(C(=O)NCCN4CCN(C)CC4)cc3)nc2N1C1CCCCC1. The zero-order valence-electron chi connectivity index (χ0n) is 22.9. The van der Waals surface area contributed by atoms with Crippen LogP contribution >= 0.6 is 0 Å². The van der Waals surface area contributed by atoms with Crippen LogP contribution in [0.15, 0.2) is 36.4 Å². The molecule has 1 saturated carbocycles. The van der Waals surface area contributed by atoms with E-state index < -0.39 is 0 Å². The molecule has 0 radical (unpaired) electrons. The van der Waals surface area contributed by atoms with Crippen molar-refractivity contribution in [2.75, 3.05) is 68.5 Å². The molecular weight excluding hydrogens is 478 g/mol. The highest BCUT2D eigenvalue weighted by Gasteiger charge is 2.38. The van der Waals surface area contributed by atoms with Crippen molar-refractivity contribution >= 4 is 34.8 Å². The molecule has 2 amide bonds. The predicted molar refractivity (Wildman–Crippen MR) is 152 cm³/mol. The van der Waals surface area contributed by atoms with E-state index in [0.29, 0.717) is 18.2 Å². The number of amides is 2. The Bertz CT molecular complexity index is 1120. The number of nitrogens with zero attached hydrogens (tertiary/aromatic N) is 5. The zero-order valence-corrected chi connectivity index (χ0v) is 22.9. The minimum atomic E-state index is -0.229. The summed E-state index contributed by atoms with van der Waals surface area (Å²) in [4.78, 5) is 39.3. The minimum absolute atomic E-state index is 0.0533. The van der Waals surface area contributed by atoms with Gasteiger partial charge in [-0.1, -0.05) is 19.3 Å². The number of likely N-dealkylation sites (N-methyl/N-ethyl adjacent to an activating group) is 2. The first-order valence-electron chi connectivity index (χ1n) is 14.0. The summed E-state index contributed by atoms with van der Waals surface area (Å²) < 4.78 is 0. The van der Waals surface area contributed by atoms with Gasteiger partial charge < -0.3 is 25.3 Å². The standard InChI is InChI=1S/C29H41N7O2/c1-21-29(38)34(3)25-13-14-26(32-27(25)36(21)24-7-5-4-6-8-24)31-23-11-9-22(10-12-23)28(37)30-15-16-35-19-17-33(2)18-20-35/h9-14,21,24H,4-8,15-20H2,1-3H3,(H,30,37)(H,31,32)/t21-/m1/s1. The van der Waals surface area contributed by atoms with E-state index in [9.17, 15) is 9.59 Å². The summed E-state index contributed by atoms with van der Waals surface area (Å²) in [7, 11) is 3.98. The van der Waals surface area contributed by atoms with Gasteiger partial charge in [0, 0.05) is 63.6 Å². The average molecular weight is 520 g/mol. The molecule has 1 saturated heterocycles. The van der Waals surface area contributed by atoms with Gasteiger partial charge in [0.05, 0.1) is 5.69 Å². The number of carbonyl (C=O) groups is 2. The van der Waals surface area contributed by atoms with Gasteiger partial charge in [0.1, 0.15) is 11.9 Å². The minimum Gasteiger partial charge on any atom is -0.351 e. The summed E-state index contributed by atoms with van der Waals surface area (Å²) >= 11 is 0. The van der Waals surface area contributed by atoms with E-state index in [1.54, 1.807) is 4.90 Å². The van der Waals surface area contributed by atoms with Gasteiger partial charge in [0.25, 0.3) is 5.91 Å². The molecule has 3 aliphatic rings. The maximum absolute atomic E-state index is 13.0. The van der Waals surface area contributed by atoms with Crippen molar-refractivity contribution in [1.29, 1.82) is 0 Å². The third-order valence-corrected chi connectivity index (χ3v) is 8.26. The van der Waals surface area contributed by atoms with E-state index >= 15 is 0 Å². The number of anilines is 4. The smallest absolute Gasteiger partial charge is 0.251 e. The molecule has 9 heteroatoms. The summed E-state index contributed by atoms with van der Waals surface area (Å²) in [6.07, 6.45) is 5.85. The average Bonchev–Trinajstić information content (AvgIpc) is 2.94. The van der Waals surface area contributed by atoms with Crippen LogP contribution in [-0.4, -0.2) is 92.0 Å². The van der Waals surface area contributed by atoms with Crippen molar-refractivity contribution < 1.29 is 9.59 Å². The van der Waals surface area contributed by atoms with Crippen LogP contribution in [0, 0.1) is 0 Å². The highest BCUT2D eigenvalue weighted by Crippen LogP contribution is 2.39. The van der Waals surface area contributed by atoms with Crippen LogP contribution in [0.4, 0.5) is 23.0 Å². The predicted octanol–water partition coefficient (Wildman–Crippen LogP) is 3.31. The van der Waals surface area contributed by atoms with E-state index in [-0.39, 0.29) is 17.9 Å². The highest BCUT2D eigenvalue weighted by atomic mass is 16.2. The fraction of sp³-hybridized carbons (Fsp3) is 0.552. The molecule has 38 heavy (non-hydrogen) atoms. The largest absolute Gasteiger partial charge is 0.351 e. The van der Waals surface area contributed by atoms with E-state index in [2.05, 4.69) is 32.4 Å². The number of rotatable bonds is 7. The number of nitrogens with one attached hydrogen (secondary N) is 2.